The Labute approximate surface area is 141 Å². The fourth-order valence-corrected chi connectivity index (χ4v) is 3.12. The number of anilines is 1. The molecule has 0 radical (unpaired) electrons. The molecule has 1 aliphatic rings. The molecule has 0 saturated carbocycles. The number of carbonyl (C=O) groups is 1. The number of rotatable bonds is 1. The van der Waals surface area contributed by atoms with Crippen molar-refractivity contribution in [1.82, 2.24) is 9.97 Å². The van der Waals surface area contributed by atoms with Crippen molar-refractivity contribution >= 4 is 50.8 Å². The minimum atomic E-state index is -0.388. The molecule has 2 aromatic carbocycles. The van der Waals surface area contributed by atoms with E-state index in [1.54, 1.807) is 0 Å². The van der Waals surface area contributed by atoms with Gasteiger partial charge in [-0.15, -0.1) is 12.4 Å². The first-order valence-corrected chi connectivity index (χ1v) is 7.33. The molecule has 1 N–H and O–H groups in total. The van der Waals surface area contributed by atoms with Gasteiger partial charge < -0.3 is 5.32 Å². The monoisotopic (exact) mass is 375 g/mol. The fourth-order valence-electron chi connectivity index (χ4n) is 2.76. The van der Waals surface area contributed by atoms with Crippen LogP contribution < -0.4 is 5.32 Å². The molecule has 6 heteroatoms. The van der Waals surface area contributed by atoms with Crippen molar-refractivity contribution in [1.29, 1.82) is 0 Å². The number of fused-ring (bicyclic) bond motifs is 2. The molecule has 1 amide bonds. The zero-order chi connectivity index (χ0) is 14.4. The maximum atomic E-state index is 12.4. The van der Waals surface area contributed by atoms with Crippen LogP contribution >= 0.6 is 28.3 Å². The number of hydrogen-bond donors (Lipinski definition) is 1. The zero-order valence-corrected chi connectivity index (χ0v) is 13.7. The van der Waals surface area contributed by atoms with E-state index in [4.69, 9.17) is 0 Å². The number of halogens is 2. The molecular formula is C16H11BrClN3O. The molecule has 3 aromatic rings. The SMILES string of the molecule is Cl.O=C1Nc2cc(Br)ccc2C1c1ncnc2ccccc12. The van der Waals surface area contributed by atoms with Crippen LogP contribution in [-0.2, 0) is 4.79 Å². The average molecular weight is 377 g/mol. The van der Waals surface area contributed by atoms with Gasteiger partial charge in [-0.05, 0) is 23.8 Å². The molecule has 0 bridgehead atoms. The lowest BCUT2D eigenvalue weighted by Gasteiger charge is -2.10. The standard InChI is InChI=1S/C16H10BrN3O.ClH/c17-9-5-6-10-13(7-9)20-16(21)14(10)15-11-3-1-2-4-12(11)18-8-19-15;/h1-8,14H,(H,20,21);1H. The molecule has 110 valence electrons. The summed E-state index contributed by atoms with van der Waals surface area (Å²) < 4.78 is 0.940. The van der Waals surface area contributed by atoms with E-state index in [0.717, 1.165) is 32.3 Å². The number of aromatic nitrogens is 2. The van der Waals surface area contributed by atoms with Gasteiger partial charge in [-0.3, -0.25) is 4.79 Å². The zero-order valence-electron chi connectivity index (χ0n) is 11.3. The summed E-state index contributed by atoms with van der Waals surface area (Å²) in [6, 6.07) is 13.6. The number of amides is 1. The molecule has 1 unspecified atom stereocenters. The van der Waals surface area contributed by atoms with E-state index >= 15 is 0 Å². The number of nitrogens with one attached hydrogen (secondary N) is 1. The van der Waals surface area contributed by atoms with E-state index in [1.165, 1.54) is 6.33 Å². The number of benzene rings is 2. The summed E-state index contributed by atoms with van der Waals surface area (Å²) in [5, 5.41) is 3.84. The summed E-state index contributed by atoms with van der Waals surface area (Å²) in [4.78, 5) is 21.0. The Bertz CT molecular complexity index is 879. The minimum absolute atomic E-state index is 0. The maximum absolute atomic E-state index is 12.4. The van der Waals surface area contributed by atoms with Crippen LogP contribution in [0.25, 0.3) is 10.9 Å². The smallest absolute Gasteiger partial charge is 0.238 e. The third-order valence-electron chi connectivity index (χ3n) is 3.69. The first-order chi connectivity index (χ1) is 10.2. The van der Waals surface area contributed by atoms with Crippen molar-refractivity contribution < 1.29 is 4.79 Å². The molecule has 1 atom stereocenters. The van der Waals surface area contributed by atoms with Gasteiger partial charge >= 0.3 is 0 Å². The van der Waals surface area contributed by atoms with Crippen LogP contribution in [0.2, 0.25) is 0 Å². The highest BCUT2D eigenvalue weighted by molar-refractivity contribution is 9.10. The first kappa shape index (κ1) is 14.9. The van der Waals surface area contributed by atoms with E-state index in [-0.39, 0.29) is 24.2 Å². The molecule has 0 aliphatic carbocycles. The summed E-state index contributed by atoms with van der Waals surface area (Å²) in [5.41, 5.74) is 3.38. The van der Waals surface area contributed by atoms with Gasteiger partial charge in [0.2, 0.25) is 5.91 Å². The highest BCUT2D eigenvalue weighted by Gasteiger charge is 2.34. The molecular weight excluding hydrogens is 366 g/mol. The highest BCUT2D eigenvalue weighted by atomic mass is 79.9. The highest BCUT2D eigenvalue weighted by Crippen LogP contribution is 2.39. The van der Waals surface area contributed by atoms with Gasteiger partial charge in [0.25, 0.3) is 0 Å². The number of nitrogens with zero attached hydrogens (tertiary/aromatic N) is 2. The van der Waals surface area contributed by atoms with E-state index in [1.807, 2.05) is 42.5 Å². The molecule has 4 nitrogen and oxygen atoms in total. The predicted molar refractivity (Wildman–Crippen MR) is 91.4 cm³/mol. The second kappa shape index (κ2) is 5.66. The normalized spacial score (nSPS) is 16.0. The lowest BCUT2D eigenvalue weighted by molar-refractivity contribution is -0.116. The molecule has 0 saturated heterocycles. The molecule has 1 aliphatic heterocycles. The lowest BCUT2D eigenvalue weighted by atomic mass is 9.94. The summed E-state index contributed by atoms with van der Waals surface area (Å²) in [5.74, 6) is -0.437. The molecule has 1 aromatic heterocycles. The van der Waals surface area contributed by atoms with Crippen LogP contribution in [-0.4, -0.2) is 15.9 Å². The second-order valence-electron chi connectivity index (χ2n) is 4.93. The van der Waals surface area contributed by atoms with Crippen LogP contribution in [0.5, 0.6) is 0 Å². The third kappa shape index (κ3) is 2.26. The van der Waals surface area contributed by atoms with Crippen LogP contribution in [0.1, 0.15) is 17.2 Å². The van der Waals surface area contributed by atoms with Crippen molar-refractivity contribution in [3.63, 3.8) is 0 Å². The molecule has 4 rings (SSSR count). The average Bonchev–Trinajstić information content (AvgIpc) is 2.81. The van der Waals surface area contributed by atoms with E-state index in [0.29, 0.717) is 0 Å². The Morgan fingerprint density at radius 2 is 1.91 bits per heavy atom. The molecule has 0 spiro atoms. The largest absolute Gasteiger partial charge is 0.325 e. The van der Waals surface area contributed by atoms with Gasteiger partial charge in [-0.25, -0.2) is 9.97 Å². The molecule has 22 heavy (non-hydrogen) atoms. The third-order valence-corrected chi connectivity index (χ3v) is 4.19. The Morgan fingerprint density at radius 3 is 2.77 bits per heavy atom. The van der Waals surface area contributed by atoms with Crippen molar-refractivity contribution in [2.75, 3.05) is 5.32 Å². The predicted octanol–water partition coefficient (Wildman–Crippen LogP) is 3.90. The minimum Gasteiger partial charge on any atom is -0.325 e. The Morgan fingerprint density at radius 1 is 1.09 bits per heavy atom. The van der Waals surface area contributed by atoms with Crippen molar-refractivity contribution in [2.24, 2.45) is 0 Å². The Balaban J connectivity index is 0.00000144. The van der Waals surface area contributed by atoms with Gasteiger partial charge in [0.15, 0.2) is 0 Å². The number of carbonyl (C=O) groups excluding carboxylic acids is 1. The van der Waals surface area contributed by atoms with Crippen LogP contribution in [0.3, 0.4) is 0 Å². The summed E-state index contributed by atoms with van der Waals surface area (Å²) in [7, 11) is 0. The quantitative estimate of drug-likeness (QED) is 0.701. The van der Waals surface area contributed by atoms with Gasteiger partial charge in [-0.2, -0.15) is 0 Å². The van der Waals surface area contributed by atoms with E-state index < -0.39 is 0 Å². The van der Waals surface area contributed by atoms with E-state index in [2.05, 4.69) is 31.2 Å². The van der Waals surface area contributed by atoms with Crippen molar-refractivity contribution in [3.8, 4) is 0 Å². The molecule has 2 heterocycles. The maximum Gasteiger partial charge on any atom is 0.238 e. The second-order valence-corrected chi connectivity index (χ2v) is 5.85. The van der Waals surface area contributed by atoms with Gasteiger partial charge in [0, 0.05) is 15.5 Å². The first-order valence-electron chi connectivity index (χ1n) is 6.54. The van der Waals surface area contributed by atoms with Gasteiger partial charge in [-0.1, -0.05) is 40.2 Å². The lowest BCUT2D eigenvalue weighted by Crippen LogP contribution is -2.15. The fraction of sp³-hybridized carbons (Fsp3) is 0.0625. The van der Waals surface area contributed by atoms with Crippen molar-refractivity contribution in [2.45, 2.75) is 5.92 Å². The number of para-hydroxylation sites is 1. The number of hydrogen-bond acceptors (Lipinski definition) is 3. The molecule has 0 fully saturated rings. The van der Waals surface area contributed by atoms with E-state index in [9.17, 15) is 4.79 Å². The van der Waals surface area contributed by atoms with Crippen LogP contribution in [0.4, 0.5) is 5.69 Å². The van der Waals surface area contributed by atoms with Gasteiger partial charge in [0.05, 0.1) is 11.2 Å². The van der Waals surface area contributed by atoms with Gasteiger partial charge in [0.1, 0.15) is 12.2 Å². The van der Waals surface area contributed by atoms with Crippen LogP contribution in [0.15, 0.2) is 53.3 Å². The summed E-state index contributed by atoms with van der Waals surface area (Å²) in [6.45, 7) is 0. The van der Waals surface area contributed by atoms with Crippen LogP contribution in [0, 0.1) is 0 Å². The Kier molecular flexibility index (Phi) is 3.85. The summed E-state index contributed by atoms with van der Waals surface area (Å²) in [6.07, 6.45) is 1.52. The summed E-state index contributed by atoms with van der Waals surface area (Å²) >= 11 is 3.42. The van der Waals surface area contributed by atoms with Crippen molar-refractivity contribution in [3.05, 3.63) is 64.5 Å². The topological polar surface area (TPSA) is 54.9 Å². The Hall–Kier alpha value is -1.98.